The molecule has 0 bridgehead atoms. The number of aromatic amines is 1. The lowest BCUT2D eigenvalue weighted by atomic mass is 9.95. The summed E-state index contributed by atoms with van der Waals surface area (Å²) in [7, 11) is 4.07. The van der Waals surface area contributed by atoms with Crippen molar-refractivity contribution in [2.75, 3.05) is 88.2 Å². The molecule has 0 radical (unpaired) electrons. The zero-order chi connectivity index (χ0) is 32.3. The number of pyridine rings is 1. The zero-order valence-corrected chi connectivity index (χ0v) is 28.2. The number of morpholine rings is 1. The predicted molar refractivity (Wildman–Crippen MR) is 192 cm³/mol. The van der Waals surface area contributed by atoms with Crippen molar-refractivity contribution in [3.63, 3.8) is 0 Å². The van der Waals surface area contributed by atoms with Crippen LogP contribution < -0.4 is 20.7 Å². The summed E-state index contributed by atoms with van der Waals surface area (Å²) in [4.78, 5) is 25.8. The second-order valence-corrected chi connectivity index (χ2v) is 11.9. The molecule has 242 valence electrons. The van der Waals surface area contributed by atoms with Gasteiger partial charge in [-0.15, -0.1) is 0 Å². The first kappa shape index (κ1) is 33.9. The van der Waals surface area contributed by atoms with Gasteiger partial charge in [0.15, 0.2) is 0 Å². The minimum atomic E-state index is -0.167. The molecule has 5 rings (SSSR count). The van der Waals surface area contributed by atoms with Gasteiger partial charge >= 0.3 is 0 Å². The van der Waals surface area contributed by atoms with Crippen LogP contribution in [0.5, 0.6) is 0 Å². The van der Waals surface area contributed by atoms with Crippen LogP contribution in [-0.2, 0) is 4.74 Å². The number of allylic oxidation sites excluding steroid dienone is 1. The molecule has 2 aromatic carbocycles. The lowest BCUT2D eigenvalue weighted by Gasteiger charge is -2.36. The van der Waals surface area contributed by atoms with E-state index in [1.54, 1.807) is 0 Å². The van der Waals surface area contributed by atoms with Crippen molar-refractivity contribution in [1.82, 2.24) is 14.8 Å². The van der Waals surface area contributed by atoms with Crippen molar-refractivity contribution in [3.05, 3.63) is 88.5 Å². The number of benzene rings is 2. The molecule has 3 heterocycles. The third-order valence-corrected chi connectivity index (χ3v) is 8.32. The largest absolute Gasteiger partial charge is 0.378 e. The molecule has 1 aromatic heterocycles. The van der Waals surface area contributed by atoms with E-state index in [9.17, 15) is 4.79 Å². The number of nitrogens with zero attached hydrogens (tertiary/aromatic N) is 4. The lowest BCUT2D eigenvalue weighted by Crippen LogP contribution is -2.45. The molecule has 45 heavy (non-hydrogen) atoms. The van der Waals surface area contributed by atoms with Gasteiger partial charge in [-0.1, -0.05) is 45.9 Å². The van der Waals surface area contributed by atoms with E-state index < -0.39 is 0 Å². The van der Waals surface area contributed by atoms with E-state index in [4.69, 9.17) is 4.74 Å². The van der Waals surface area contributed by atoms with Crippen molar-refractivity contribution < 1.29 is 4.74 Å². The molecule has 0 unspecified atom stereocenters. The third kappa shape index (κ3) is 8.80. The maximum absolute atomic E-state index is 13.5. The van der Waals surface area contributed by atoms with Crippen molar-refractivity contribution in [2.24, 2.45) is 0 Å². The summed E-state index contributed by atoms with van der Waals surface area (Å²) >= 11 is 0. The Morgan fingerprint density at radius 1 is 1.00 bits per heavy atom. The van der Waals surface area contributed by atoms with E-state index in [-0.39, 0.29) is 5.56 Å². The number of H-pyrrole nitrogens is 1. The zero-order valence-electron chi connectivity index (χ0n) is 28.2. The number of hydrogen-bond donors (Lipinski definition) is 2. The fourth-order valence-corrected chi connectivity index (χ4v) is 5.72. The van der Waals surface area contributed by atoms with Gasteiger partial charge in [0.1, 0.15) is 0 Å². The van der Waals surface area contributed by atoms with Crippen LogP contribution in [0, 0.1) is 0 Å². The van der Waals surface area contributed by atoms with Crippen LogP contribution in [0.15, 0.2) is 71.8 Å². The highest BCUT2D eigenvalue weighted by molar-refractivity contribution is 5.87. The van der Waals surface area contributed by atoms with E-state index in [1.165, 1.54) is 6.42 Å². The van der Waals surface area contributed by atoms with Crippen LogP contribution >= 0.6 is 0 Å². The molecule has 8 nitrogen and oxygen atoms in total. The molecule has 0 spiro atoms. The molecular weight excluding hydrogens is 560 g/mol. The Hall–Kier alpha value is -4.01. The standard InChI is InChI=1S/C34H44N6O2.C3H8/c1-6-38-14-16-39(17-15-38)25(2)22-31-32(27-8-7-9-30(23-27)37(4)5)24-35-34(41)33(31)26(3)36-28-10-12-29(13-11-28)40-18-20-42-21-19-40;1-3-2/h7-13,22-24,36H,3,6,14-21H2,1-2,4-5H3,(H,35,41);3H2,1-2H3/b25-22+;. The van der Waals surface area contributed by atoms with E-state index in [2.05, 4.69) is 107 Å². The normalized spacial score (nSPS) is 15.7. The Kier molecular flexibility index (Phi) is 12.3. The van der Waals surface area contributed by atoms with Crippen LogP contribution in [0.3, 0.4) is 0 Å². The maximum Gasteiger partial charge on any atom is 0.257 e. The summed E-state index contributed by atoms with van der Waals surface area (Å²) in [6, 6.07) is 16.7. The van der Waals surface area contributed by atoms with Gasteiger partial charge < -0.3 is 34.6 Å². The Balaban J connectivity index is 0.00000148. The molecule has 2 fully saturated rings. The first-order chi connectivity index (χ1) is 21.7. The fraction of sp³-hybridized carbons (Fsp3) is 0.432. The summed E-state index contributed by atoms with van der Waals surface area (Å²) in [5.41, 5.74) is 8.11. The van der Waals surface area contributed by atoms with Gasteiger partial charge in [0.25, 0.3) is 5.56 Å². The SMILES string of the molecule is C=C(Nc1ccc(N2CCOCC2)cc1)c1c(/C=C(\C)N2CCN(CC)CC2)c(-c2cccc(N(C)C)c2)c[nH]c1=O.CCC. The van der Waals surface area contributed by atoms with Gasteiger partial charge in [0.2, 0.25) is 0 Å². The molecule has 2 aliphatic rings. The number of anilines is 3. The number of nitrogens with one attached hydrogen (secondary N) is 2. The highest BCUT2D eigenvalue weighted by Gasteiger charge is 2.20. The molecule has 2 saturated heterocycles. The van der Waals surface area contributed by atoms with Gasteiger partial charge in [-0.3, -0.25) is 4.79 Å². The number of rotatable bonds is 9. The van der Waals surface area contributed by atoms with E-state index in [1.807, 2.05) is 32.4 Å². The summed E-state index contributed by atoms with van der Waals surface area (Å²) < 4.78 is 5.49. The number of aromatic nitrogens is 1. The predicted octanol–water partition coefficient (Wildman–Crippen LogP) is 6.44. The Morgan fingerprint density at radius 3 is 2.29 bits per heavy atom. The Morgan fingerprint density at radius 2 is 1.67 bits per heavy atom. The lowest BCUT2D eigenvalue weighted by molar-refractivity contribution is 0.122. The molecule has 0 aliphatic carbocycles. The van der Waals surface area contributed by atoms with Crippen molar-refractivity contribution in [2.45, 2.75) is 34.1 Å². The molecule has 2 aliphatic heterocycles. The monoisotopic (exact) mass is 612 g/mol. The number of likely N-dealkylation sites (N-methyl/N-ethyl adjacent to an activating group) is 1. The van der Waals surface area contributed by atoms with E-state index in [0.29, 0.717) is 11.3 Å². The van der Waals surface area contributed by atoms with E-state index >= 15 is 0 Å². The van der Waals surface area contributed by atoms with E-state index in [0.717, 1.165) is 98.5 Å². The smallest absolute Gasteiger partial charge is 0.257 e. The Bertz CT molecular complexity index is 1480. The number of hydrogen-bond acceptors (Lipinski definition) is 7. The summed E-state index contributed by atoms with van der Waals surface area (Å²) in [6.07, 6.45) is 5.25. The molecule has 2 N–H and O–H groups in total. The van der Waals surface area contributed by atoms with Crippen molar-refractivity contribution >= 4 is 28.8 Å². The Labute approximate surface area is 270 Å². The van der Waals surface area contributed by atoms with Crippen molar-refractivity contribution in [1.29, 1.82) is 0 Å². The molecule has 0 atom stereocenters. The molecule has 3 aromatic rings. The highest BCUT2D eigenvalue weighted by Crippen LogP contribution is 2.32. The number of piperazine rings is 1. The van der Waals surface area contributed by atoms with Crippen LogP contribution in [0.4, 0.5) is 17.1 Å². The minimum absolute atomic E-state index is 0.167. The van der Waals surface area contributed by atoms with Gasteiger partial charge in [-0.05, 0) is 61.5 Å². The second-order valence-electron chi connectivity index (χ2n) is 11.9. The maximum atomic E-state index is 13.5. The first-order valence-electron chi connectivity index (χ1n) is 16.3. The van der Waals surface area contributed by atoms with Gasteiger partial charge in [-0.25, -0.2) is 0 Å². The van der Waals surface area contributed by atoms with Gasteiger partial charge in [-0.2, -0.15) is 0 Å². The summed E-state index contributed by atoms with van der Waals surface area (Å²) in [6.45, 7) is 21.3. The summed E-state index contributed by atoms with van der Waals surface area (Å²) in [5.74, 6) is 0. The molecule has 0 saturated carbocycles. The van der Waals surface area contributed by atoms with Gasteiger partial charge in [0.05, 0.1) is 18.8 Å². The third-order valence-electron chi connectivity index (χ3n) is 8.32. The van der Waals surface area contributed by atoms with Crippen LogP contribution in [0.1, 0.15) is 45.2 Å². The molecular formula is C37H52N6O2. The van der Waals surface area contributed by atoms with Crippen LogP contribution in [0.2, 0.25) is 0 Å². The average Bonchev–Trinajstić information content (AvgIpc) is 3.06. The summed E-state index contributed by atoms with van der Waals surface area (Å²) in [5, 5.41) is 3.43. The average molecular weight is 613 g/mol. The van der Waals surface area contributed by atoms with Crippen LogP contribution in [-0.4, -0.2) is 87.9 Å². The quantitative estimate of drug-likeness (QED) is 0.288. The second kappa shape index (κ2) is 16.3. The topological polar surface area (TPSA) is 67.1 Å². The molecule has 8 heteroatoms. The number of ether oxygens (including phenoxy) is 1. The molecule has 0 amide bonds. The highest BCUT2D eigenvalue weighted by atomic mass is 16.5. The van der Waals surface area contributed by atoms with Crippen molar-refractivity contribution in [3.8, 4) is 11.1 Å². The fourth-order valence-electron chi connectivity index (χ4n) is 5.72. The first-order valence-corrected chi connectivity index (χ1v) is 16.3. The van der Waals surface area contributed by atoms with Gasteiger partial charge in [0, 0.05) is 99.1 Å². The van der Waals surface area contributed by atoms with Crippen LogP contribution in [0.25, 0.3) is 22.9 Å². The minimum Gasteiger partial charge on any atom is -0.378 e.